The first-order valence-corrected chi connectivity index (χ1v) is 33.7. The number of methoxy groups -OCH3 is 1. The summed E-state index contributed by atoms with van der Waals surface area (Å²) in [6.07, 6.45) is 35.4. The van der Waals surface area contributed by atoms with Crippen LogP contribution in [0.3, 0.4) is 0 Å². The summed E-state index contributed by atoms with van der Waals surface area (Å²) in [6, 6.07) is 31.6. The number of fused-ring (bicyclic) bond motifs is 3. The number of aryl methyl sites for hydroxylation is 2. The molecule has 0 aliphatic rings. The largest absolute Gasteiger partial charge is 0.465 e. The molecule has 0 aliphatic carbocycles. The van der Waals surface area contributed by atoms with Gasteiger partial charge in [0, 0.05) is 57.7 Å². The second-order valence-electron chi connectivity index (χ2n) is 21.3. The number of unbranched alkanes of at least 4 members (excludes halogenated alkanes) is 20. The third kappa shape index (κ3) is 16.4. The number of esters is 1. The van der Waals surface area contributed by atoms with Crippen LogP contribution in [0, 0.1) is 5.82 Å². The Balaban J connectivity index is 0.000000492. The van der Waals surface area contributed by atoms with E-state index in [1.54, 1.807) is 34.0 Å². The minimum Gasteiger partial charge on any atom is -0.465 e. The van der Waals surface area contributed by atoms with E-state index >= 15 is 4.39 Å². The van der Waals surface area contributed by atoms with Gasteiger partial charge in [0.2, 0.25) is 0 Å². The Morgan fingerprint density at radius 2 is 0.987 bits per heavy atom. The molecule has 0 bridgehead atoms. The van der Waals surface area contributed by atoms with E-state index in [2.05, 4.69) is 102 Å². The Morgan fingerprint density at radius 3 is 1.56 bits per heavy atom. The van der Waals surface area contributed by atoms with Crippen molar-refractivity contribution in [2.45, 2.75) is 208 Å². The van der Waals surface area contributed by atoms with Gasteiger partial charge in [-0.05, 0) is 66.3 Å². The average Bonchev–Trinajstić information content (AvgIpc) is 4.24. The Bertz CT molecular complexity index is 3160. The third-order valence-electron chi connectivity index (χ3n) is 15.0. The second-order valence-corrected chi connectivity index (χ2v) is 25.4. The molecule has 9 heteroatoms. The van der Waals surface area contributed by atoms with E-state index in [4.69, 9.17) is 13.6 Å². The first-order chi connectivity index (χ1) is 38.8. The van der Waals surface area contributed by atoms with Crippen molar-refractivity contribution in [2.24, 2.45) is 0 Å². The minimum absolute atomic E-state index is 0.00595. The molecular formula is C70H89FO4S4. The van der Waals surface area contributed by atoms with Crippen LogP contribution in [0.5, 0.6) is 0 Å². The van der Waals surface area contributed by atoms with Gasteiger partial charge in [-0.25, -0.2) is 9.18 Å². The fourth-order valence-corrected chi connectivity index (χ4v) is 15.7. The van der Waals surface area contributed by atoms with Crippen LogP contribution in [-0.4, -0.2) is 13.1 Å². The molecule has 6 heterocycles. The van der Waals surface area contributed by atoms with Crippen LogP contribution in [-0.2, 0) is 17.6 Å². The van der Waals surface area contributed by atoms with Crippen LogP contribution in [0.4, 0.5) is 4.39 Å². The zero-order valence-corrected chi connectivity index (χ0v) is 52.0. The number of furan rings is 2. The van der Waals surface area contributed by atoms with E-state index < -0.39 is 11.8 Å². The fourth-order valence-electron chi connectivity index (χ4n) is 10.5. The molecule has 0 fully saturated rings. The zero-order valence-electron chi connectivity index (χ0n) is 48.8. The predicted octanol–water partition coefficient (Wildman–Crippen LogP) is 25.4. The molecule has 424 valence electrons. The topological polar surface area (TPSA) is 52.6 Å². The molecule has 0 radical (unpaired) electrons. The van der Waals surface area contributed by atoms with Crippen molar-refractivity contribution >= 4 is 81.6 Å². The van der Waals surface area contributed by atoms with Gasteiger partial charge in [0.25, 0.3) is 0 Å². The van der Waals surface area contributed by atoms with Crippen molar-refractivity contribution in [1.82, 2.24) is 0 Å². The van der Waals surface area contributed by atoms with Crippen molar-refractivity contribution in [1.29, 1.82) is 0 Å². The molecule has 4 nitrogen and oxygen atoms in total. The van der Waals surface area contributed by atoms with Crippen molar-refractivity contribution in [3.63, 3.8) is 0 Å². The molecular weight excluding hydrogens is 1050 g/mol. The summed E-state index contributed by atoms with van der Waals surface area (Å²) in [4.78, 5) is 16.9. The van der Waals surface area contributed by atoms with Gasteiger partial charge in [-0.2, -0.15) is 0 Å². The number of halogens is 1. The molecule has 0 aliphatic heterocycles. The van der Waals surface area contributed by atoms with Crippen LogP contribution < -0.4 is 0 Å². The monoisotopic (exact) mass is 1140 g/mol. The SMILES string of the molecule is CCCCCCCC.CCCCCCCC.CCCCCCCCc1ccc(-c2c3cc(-c4sc(-c5ccccc5)c5c(F)c(C(=O)OC)sc45)sc3c(-c3occc3CCCCCCCC)c3cc(-c4ccccc4)sc23)o1. The lowest BCUT2D eigenvalue weighted by Crippen LogP contribution is -2.00. The van der Waals surface area contributed by atoms with E-state index in [1.165, 1.54) is 176 Å². The van der Waals surface area contributed by atoms with E-state index in [-0.39, 0.29) is 4.88 Å². The number of hydrogen-bond donors (Lipinski definition) is 0. The normalized spacial score (nSPS) is 11.4. The molecule has 0 amide bonds. The van der Waals surface area contributed by atoms with Gasteiger partial charge < -0.3 is 13.6 Å². The van der Waals surface area contributed by atoms with Crippen LogP contribution in [0.25, 0.3) is 83.5 Å². The highest BCUT2D eigenvalue weighted by Gasteiger charge is 2.30. The number of benzene rings is 3. The lowest BCUT2D eigenvalue weighted by Gasteiger charge is -2.11. The van der Waals surface area contributed by atoms with Crippen molar-refractivity contribution in [3.8, 4) is 53.3 Å². The van der Waals surface area contributed by atoms with Crippen LogP contribution in [0.1, 0.15) is 217 Å². The molecule has 0 atom stereocenters. The maximum Gasteiger partial charge on any atom is 0.351 e. The lowest BCUT2D eigenvalue weighted by molar-refractivity contribution is 0.0602. The number of carbonyl (C=O) groups is 1. The maximum absolute atomic E-state index is 16.5. The quantitative estimate of drug-likeness (QED) is 0.0333. The lowest BCUT2D eigenvalue weighted by atomic mass is 9.95. The number of carbonyl (C=O) groups excluding carboxylic acids is 1. The van der Waals surface area contributed by atoms with Crippen molar-refractivity contribution in [3.05, 3.63) is 119 Å². The molecule has 9 aromatic rings. The number of thiophene rings is 4. The van der Waals surface area contributed by atoms with Crippen LogP contribution in [0.15, 0.2) is 106 Å². The molecule has 3 aromatic carbocycles. The predicted molar refractivity (Wildman–Crippen MR) is 346 cm³/mol. The summed E-state index contributed by atoms with van der Waals surface area (Å²) in [5.74, 6) is 1.58. The molecule has 9 rings (SSSR count). The van der Waals surface area contributed by atoms with Gasteiger partial charge in [0.1, 0.15) is 22.2 Å². The number of hydrogen-bond acceptors (Lipinski definition) is 8. The smallest absolute Gasteiger partial charge is 0.351 e. The summed E-state index contributed by atoms with van der Waals surface area (Å²) in [7, 11) is 1.31. The number of rotatable bonds is 30. The van der Waals surface area contributed by atoms with Gasteiger partial charge in [-0.3, -0.25) is 0 Å². The Kier molecular flexibility index (Phi) is 26.0. The molecule has 0 N–H and O–H groups in total. The highest BCUT2D eigenvalue weighted by atomic mass is 32.1. The third-order valence-corrected chi connectivity index (χ3v) is 20.1. The summed E-state index contributed by atoms with van der Waals surface area (Å²) in [5.41, 5.74) is 5.46. The highest BCUT2D eigenvalue weighted by Crippen LogP contribution is 2.56. The van der Waals surface area contributed by atoms with E-state index in [0.717, 1.165) is 99.2 Å². The summed E-state index contributed by atoms with van der Waals surface area (Å²) in [5, 5.41) is 2.68. The summed E-state index contributed by atoms with van der Waals surface area (Å²) < 4.78 is 38.1. The van der Waals surface area contributed by atoms with Crippen LogP contribution in [0.2, 0.25) is 0 Å². The zero-order chi connectivity index (χ0) is 55.8. The Labute approximate surface area is 489 Å². The minimum atomic E-state index is -0.663. The van der Waals surface area contributed by atoms with Crippen molar-refractivity contribution < 1.29 is 22.8 Å². The van der Waals surface area contributed by atoms with Gasteiger partial charge in [0.05, 0.1) is 23.0 Å². The van der Waals surface area contributed by atoms with E-state index in [9.17, 15) is 4.79 Å². The molecule has 0 unspecified atom stereocenters. The van der Waals surface area contributed by atoms with Gasteiger partial charge in [-0.15, -0.1) is 45.3 Å². The molecule has 6 aromatic heterocycles. The number of ether oxygens (including phenoxy) is 1. The molecule has 0 spiro atoms. The summed E-state index contributed by atoms with van der Waals surface area (Å²) >= 11 is 6.27. The van der Waals surface area contributed by atoms with Gasteiger partial charge >= 0.3 is 5.97 Å². The van der Waals surface area contributed by atoms with Gasteiger partial charge in [0.15, 0.2) is 5.82 Å². The maximum atomic E-state index is 16.5. The highest BCUT2D eigenvalue weighted by molar-refractivity contribution is 7.33. The van der Waals surface area contributed by atoms with Crippen LogP contribution >= 0.6 is 45.3 Å². The molecule has 79 heavy (non-hydrogen) atoms. The van der Waals surface area contributed by atoms with Gasteiger partial charge in [-0.1, -0.05) is 243 Å². The first kappa shape index (κ1) is 61.8. The Hall–Kier alpha value is -4.80. The molecule has 0 saturated heterocycles. The average molecular weight is 1140 g/mol. The van der Waals surface area contributed by atoms with E-state index in [0.29, 0.717) is 5.39 Å². The fraction of sp³-hybridized carbons (Fsp3) is 0.471. The van der Waals surface area contributed by atoms with E-state index in [1.807, 2.05) is 36.6 Å². The standard InChI is InChI=1S/C54H53FO4S4.2C8H18/c1-4-6-8-10-12-16-24-35-30-31-58-47(35)44-39-32-41(34-22-17-14-18-23-34)60-49(39)43(40-29-28-37(59-40)27-21-13-11-9-7-5-2)38-33-42(61-50(38)44)51-52-45(46(55)53(63-52)54(56)57-3)48(62-51)36-25-19-15-20-26-36;2*1-3-5-7-8-6-4-2/h14-15,17-20,22-23,25-26,28-33H,4-13,16,21,24,27H2,1-3H3;2*3-8H2,1-2H3. The molecule has 0 saturated carbocycles. The second kappa shape index (κ2) is 33.2. The first-order valence-electron chi connectivity index (χ1n) is 30.4. The van der Waals surface area contributed by atoms with Crippen molar-refractivity contribution in [2.75, 3.05) is 7.11 Å². The Morgan fingerprint density at radius 1 is 0.494 bits per heavy atom. The summed E-state index contributed by atoms with van der Waals surface area (Å²) in [6.45, 7) is 13.5.